The van der Waals surface area contributed by atoms with Crippen molar-refractivity contribution < 1.29 is 23.9 Å². The van der Waals surface area contributed by atoms with E-state index in [2.05, 4.69) is 10.2 Å². The van der Waals surface area contributed by atoms with Crippen LogP contribution in [-0.2, 0) is 14.4 Å². The van der Waals surface area contributed by atoms with Crippen LogP contribution >= 0.6 is 0 Å². The number of carbonyl (C=O) groups excluding carboxylic acids is 2. The van der Waals surface area contributed by atoms with Gasteiger partial charge in [0, 0.05) is 39.1 Å². The zero-order chi connectivity index (χ0) is 18.7. The summed E-state index contributed by atoms with van der Waals surface area (Å²) in [6, 6.07) is 4.81. The molecule has 1 aromatic rings. The van der Waals surface area contributed by atoms with Crippen LogP contribution in [-0.4, -0.2) is 60.5 Å². The maximum Gasteiger partial charge on any atom is 0.304 e. The molecule has 2 aliphatic rings. The summed E-state index contributed by atoms with van der Waals surface area (Å²) in [4.78, 5) is 37.8. The molecule has 2 saturated heterocycles. The fraction of sp³-hybridized carbons (Fsp3) is 0.500. The predicted octanol–water partition coefficient (Wildman–Crippen LogP) is 0.943. The van der Waals surface area contributed by atoms with Crippen molar-refractivity contribution in [2.24, 2.45) is 0 Å². The lowest BCUT2D eigenvalue weighted by Gasteiger charge is -2.36. The van der Waals surface area contributed by atoms with E-state index in [1.54, 1.807) is 12.1 Å². The van der Waals surface area contributed by atoms with Gasteiger partial charge in [-0.15, -0.1) is 0 Å². The number of piperidine rings is 1. The zero-order valence-corrected chi connectivity index (χ0v) is 14.4. The number of nitrogens with one attached hydrogen (secondary N) is 1. The molecular weight excluding hydrogens is 341 g/mol. The van der Waals surface area contributed by atoms with E-state index in [-0.39, 0.29) is 30.5 Å². The summed E-state index contributed by atoms with van der Waals surface area (Å²) in [6.45, 7) is 3.10. The number of hydrogen-bond donors (Lipinski definition) is 2. The van der Waals surface area contributed by atoms with Gasteiger partial charge in [-0.25, -0.2) is 4.39 Å². The van der Waals surface area contributed by atoms with E-state index < -0.39 is 11.9 Å². The number of rotatable bonds is 5. The largest absolute Gasteiger partial charge is 0.481 e. The highest BCUT2D eigenvalue weighted by atomic mass is 19.1. The Balaban J connectivity index is 1.63. The molecule has 0 aliphatic carbocycles. The molecule has 2 amide bonds. The highest BCUT2D eigenvalue weighted by Crippen LogP contribution is 2.29. The van der Waals surface area contributed by atoms with Gasteiger partial charge < -0.3 is 10.0 Å². The summed E-state index contributed by atoms with van der Waals surface area (Å²) in [5, 5.41) is 11.0. The van der Waals surface area contributed by atoms with Crippen LogP contribution in [0.15, 0.2) is 18.2 Å². The minimum Gasteiger partial charge on any atom is -0.481 e. The Morgan fingerprint density at radius 1 is 1.23 bits per heavy atom. The maximum absolute atomic E-state index is 14.6. The van der Waals surface area contributed by atoms with Crippen LogP contribution in [0.2, 0.25) is 0 Å². The van der Waals surface area contributed by atoms with E-state index in [0.717, 1.165) is 0 Å². The maximum atomic E-state index is 14.6. The number of amides is 2. The van der Waals surface area contributed by atoms with Crippen molar-refractivity contribution in [2.45, 2.75) is 25.2 Å². The van der Waals surface area contributed by atoms with E-state index in [9.17, 15) is 18.8 Å². The molecular formula is C18H22FN3O4. The molecule has 0 aromatic heterocycles. The van der Waals surface area contributed by atoms with Gasteiger partial charge in [0.1, 0.15) is 5.82 Å². The molecule has 26 heavy (non-hydrogen) atoms. The molecule has 2 fully saturated rings. The Labute approximate surface area is 150 Å². The third-order valence-corrected chi connectivity index (χ3v) is 4.97. The summed E-state index contributed by atoms with van der Waals surface area (Å²) in [6.07, 6.45) is 0.763. The van der Waals surface area contributed by atoms with E-state index in [1.807, 2.05) is 4.90 Å². The lowest BCUT2D eigenvalue weighted by molar-refractivity contribution is -0.137. The molecule has 0 radical (unpaired) electrons. The molecule has 1 aromatic carbocycles. The van der Waals surface area contributed by atoms with Crippen LogP contribution < -0.4 is 10.2 Å². The van der Waals surface area contributed by atoms with Crippen molar-refractivity contribution in [1.29, 1.82) is 0 Å². The first kappa shape index (κ1) is 18.3. The van der Waals surface area contributed by atoms with Gasteiger partial charge in [-0.1, -0.05) is 6.07 Å². The lowest BCUT2D eigenvalue weighted by Crippen LogP contribution is -2.47. The van der Waals surface area contributed by atoms with Gasteiger partial charge in [0.25, 0.3) is 0 Å². The van der Waals surface area contributed by atoms with Crippen molar-refractivity contribution in [2.75, 3.05) is 37.6 Å². The van der Waals surface area contributed by atoms with Gasteiger partial charge in [0.15, 0.2) is 0 Å². The first-order valence-electron chi connectivity index (χ1n) is 8.76. The highest BCUT2D eigenvalue weighted by Gasteiger charge is 2.29. The fourth-order valence-electron chi connectivity index (χ4n) is 3.47. The van der Waals surface area contributed by atoms with Crippen molar-refractivity contribution in [1.82, 2.24) is 10.2 Å². The fourth-order valence-corrected chi connectivity index (χ4v) is 3.47. The smallest absolute Gasteiger partial charge is 0.304 e. The number of halogens is 1. The lowest BCUT2D eigenvalue weighted by atomic mass is 9.90. The van der Waals surface area contributed by atoms with Crippen molar-refractivity contribution in [3.8, 4) is 0 Å². The first-order chi connectivity index (χ1) is 12.4. The molecule has 3 rings (SSSR count). The Morgan fingerprint density at radius 3 is 2.58 bits per heavy atom. The first-order valence-corrected chi connectivity index (χ1v) is 8.76. The second-order valence-corrected chi connectivity index (χ2v) is 6.69. The van der Waals surface area contributed by atoms with E-state index >= 15 is 0 Å². The number of aliphatic carboxylic acids is 1. The summed E-state index contributed by atoms with van der Waals surface area (Å²) in [5.74, 6) is -2.36. The van der Waals surface area contributed by atoms with E-state index in [0.29, 0.717) is 50.4 Å². The van der Waals surface area contributed by atoms with Gasteiger partial charge in [0.05, 0.1) is 18.0 Å². The van der Waals surface area contributed by atoms with Crippen LogP contribution in [0.3, 0.4) is 0 Å². The molecule has 1 atom stereocenters. The van der Waals surface area contributed by atoms with Gasteiger partial charge in [-0.2, -0.15) is 0 Å². The predicted molar refractivity (Wildman–Crippen MR) is 92.4 cm³/mol. The number of anilines is 1. The minimum atomic E-state index is -0.817. The average molecular weight is 363 g/mol. The van der Waals surface area contributed by atoms with Gasteiger partial charge in [-0.05, 0) is 24.1 Å². The molecule has 7 nitrogen and oxygen atoms in total. The number of nitrogens with zero attached hydrogens (tertiary/aromatic N) is 2. The number of carboxylic acids is 1. The highest BCUT2D eigenvalue weighted by molar-refractivity contribution is 6.00. The summed E-state index contributed by atoms with van der Waals surface area (Å²) in [5.41, 5.74) is 1.07. The molecule has 0 bridgehead atoms. The Bertz CT molecular complexity index is 716. The molecule has 2 aliphatic heterocycles. The van der Waals surface area contributed by atoms with Gasteiger partial charge >= 0.3 is 5.97 Å². The topological polar surface area (TPSA) is 89.9 Å². The van der Waals surface area contributed by atoms with E-state index in [1.165, 1.54) is 6.07 Å². The Morgan fingerprint density at radius 2 is 1.96 bits per heavy atom. The van der Waals surface area contributed by atoms with Crippen LogP contribution in [0.25, 0.3) is 0 Å². The number of imide groups is 1. The minimum absolute atomic E-state index is 0.106. The quantitative estimate of drug-likeness (QED) is 0.757. The second kappa shape index (κ2) is 7.82. The average Bonchev–Trinajstić information content (AvgIpc) is 2.60. The van der Waals surface area contributed by atoms with Crippen LogP contribution in [0, 0.1) is 5.82 Å². The van der Waals surface area contributed by atoms with Crippen molar-refractivity contribution in [3.05, 3.63) is 29.6 Å². The molecule has 0 spiro atoms. The third-order valence-electron chi connectivity index (χ3n) is 4.97. The molecule has 0 saturated carbocycles. The summed E-state index contributed by atoms with van der Waals surface area (Å²) in [7, 11) is 0. The third kappa shape index (κ3) is 4.19. The molecule has 8 heteroatoms. The number of benzene rings is 1. The Hall–Kier alpha value is -2.48. The van der Waals surface area contributed by atoms with Crippen LogP contribution in [0.5, 0.6) is 0 Å². The number of carbonyl (C=O) groups is 3. The zero-order valence-electron chi connectivity index (χ0n) is 14.4. The monoisotopic (exact) mass is 363 g/mol. The van der Waals surface area contributed by atoms with Crippen LogP contribution in [0.1, 0.15) is 30.7 Å². The summed E-state index contributed by atoms with van der Waals surface area (Å²) < 4.78 is 14.6. The molecule has 140 valence electrons. The molecule has 2 heterocycles. The SMILES string of the molecule is O=C(O)CCN1CCN(c2ccc(C3CCC(=O)NC3=O)cc2F)CC1. The summed E-state index contributed by atoms with van der Waals surface area (Å²) >= 11 is 0. The molecule has 2 N–H and O–H groups in total. The van der Waals surface area contributed by atoms with E-state index in [4.69, 9.17) is 5.11 Å². The Kier molecular flexibility index (Phi) is 5.51. The van der Waals surface area contributed by atoms with Crippen LogP contribution in [0.4, 0.5) is 10.1 Å². The second-order valence-electron chi connectivity index (χ2n) is 6.69. The van der Waals surface area contributed by atoms with Gasteiger partial charge in [-0.3, -0.25) is 24.6 Å². The number of carboxylic acid groups (broad SMARTS) is 1. The van der Waals surface area contributed by atoms with Gasteiger partial charge in [0.2, 0.25) is 11.8 Å². The van der Waals surface area contributed by atoms with Crippen molar-refractivity contribution in [3.63, 3.8) is 0 Å². The molecule has 1 unspecified atom stereocenters. The number of hydrogen-bond acceptors (Lipinski definition) is 5. The normalized spacial score (nSPS) is 21.6. The van der Waals surface area contributed by atoms with Crippen molar-refractivity contribution >= 4 is 23.5 Å². The standard InChI is InChI=1S/C18H22FN3O4/c19-14-11-12(13-2-4-16(23)20-18(13)26)1-3-15(14)22-9-7-21(8-10-22)6-5-17(24)25/h1,3,11,13H,2,4-10H2,(H,24,25)(H,20,23,26). The number of piperazine rings is 1.